The highest BCUT2D eigenvalue weighted by Crippen LogP contribution is 2.29. The van der Waals surface area contributed by atoms with E-state index in [0.717, 1.165) is 40.7 Å². The molecular formula is C19H17NO8. The van der Waals surface area contributed by atoms with Crippen molar-refractivity contribution in [3.63, 3.8) is 0 Å². The fourth-order valence-electron chi connectivity index (χ4n) is 3.38. The number of nitrogens with zero attached hydrogens (tertiary/aromatic N) is 1. The Hall–Kier alpha value is -3.36. The predicted molar refractivity (Wildman–Crippen MR) is 94.0 cm³/mol. The summed E-state index contributed by atoms with van der Waals surface area (Å²) in [5, 5.41) is 0.866. The van der Waals surface area contributed by atoms with Gasteiger partial charge in [0.2, 0.25) is 0 Å². The summed E-state index contributed by atoms with van der Waals surface area (Å²) in [6.07, 6.45) is 1.74. The van der Waals surface area contributed by atoms with Crippen LogP contribution in [0.3, 0.4) is 0 Å². The molecule has 1 aromatic carbocycles. The quantitative estimate of drug-likeness (QED) is 0.555. The second-order valence-corrected chi connectivity index (χ2v) is 6.47. The van der Waals surface area contributed by atoms with Gasteiger partial charge in [-0.1, -0.05) is 0 Å². The van der Waals surface area contributed by atoms with Crippen LogP contribution in [-0.2, 0) is 31.9 Å². The number of benzene rings is 1. The number of rotatable bonds is 5. The first-order valence-corrected chi connectivity index (χ1v) is 8.87. The summed E-state index contributed by atoms with van der Waals surface area (Å²) >= 11 is 0. The molecule has 0 spiro atoms. The van der Waals surface area contributed by atoms with Gasteiger partial charge < -0.3 is 18.6 Å². The van der Waals surface area contributed by atoms with Gasteiger partial charge in [-0.05, 0) is 37.0 Å². The lowest BCUT2D eigenvalue weighted by Gasteiger charge is -2.11. The van der Waals surface area contributed by atoms with Crippen LogP contribution in [0, 0.1) is 0 Å². The first kappa shape index (κ1) is 18.0. The molecule has 1 aliphatic carbocycles. The molecule has 2 heterocycles. The van der Waals surface area contributed by atoms with Crippen molar-refractivity contribution in [2.24, 2.45) is 0 Å². The van der Waals surface area contributed by atoms with E-state index in [9.17, 15) is 19.2 Å². The van der Waals surface area contributed by atoms with E-state index in [-0.39, 0.29) is 18.8 Å². The zero-order valence-corrected chi connectivity index (χ0v) is 14.9. The third-order valence-electron chi connectivity index (χ3n) is 4.72. The molecular weight excluding hydrogens is 370 g/mol. The maximum absolute atomic E-state index is 12.0. The SMILES string of the molecule is O=C(COc1ccc2c3c(c(=O)oc2c1)CCC3)OCC(=O)N1CCOC1=O. The molecule has 0 saturated carbocycles. The summed E-state index contributed by atoms with van der Waals surface area (Å²) in [5.41, 5.74) is 1.81. The molecule has 2 aromatic rings. The van der Waals surface area contributed by atoms with Gasteiger partial charge in [0, 0.05) is 17.0 Å². The van der Waals surface area contributed by atoms with Gasteiger partial charge in [-0.25, -0.2) is 19.3 Å². The zero-order chi connectivity index (χ0) is 19.7. The molecule has 9 heteroatoms. The summed E-state index contributed by atoms with van der Waals surface area (Å²) in [6.45, 7) is -0.741. The molecule has 2 aliphatic rings. The Kier molecular flexibility index (Phi) is 4.72. The highest BCUT2D eigenvalue weighted by molar-refractivity contribution is 5.94. The lowest BCUT2D eigenvalue weighted by atomic mass is 10.1. The molecule has 0 atom stereocenters. The maximum atomic E-state index is 12.0. The lowest BCUT2D eigenvalue weighted by Crippen LogP contribution is -2.35. The van der Waals surface area contributed by atoms with Gasteiger partial charge in [-0.3, -0.25) is 4.79 Å². The topological polar surface area (TPSA) is 112 Å². The third kappa shape index (κ3) is 3.42. The first-order valence-electron chi connectivity index (χ1n) is 8.87. The van der Waals surface area contributed by atoms with E-state index in [4.69, 9.17) is 13.9 Å². The maximum Gasteiger partial charge on any atom is 0.416 e. The molecule has 146 valence electrons. The highest BCUT2D eigenvalue weighted by Gasteiger charge is 2.29. The largest absolute Gasteiger partial charge is 0.482 e. The second-order valence-electron chi connectivity index (χ2n) is 6.47. The van der Waals surface area contributed by atoms with Gasteiger partial charge in [0.15, 0.2) is 13.2 Å². The minimum absolute atomic E-state index is 0.128. The Morgan fingerprint density at radius 1 is 1.11 bits per heavy atom. The molecule has 2 amide bonds. The smallest absolute Gasteiger partial charge is 0.416 e. The van der Waals surface area contributed by atoms with Crippen LogP contribution in [0.4, 0.5) is 4.79 Å². The molecule has 28 heavy (non-hydrogen) atoms. The zero-order valence-electron chi connectivity index (χ0n) is 14.9. The van der Waals surface area contributed by atoms with Crippen molar-refractivity contribution in [1.29, 1.82) is 0 Å². The summed E-state index contributed by atoms with van der Waals surface area (Å²) in [4.78, 5) is 47.7. The first-order chi connectivity index (χ1) is 13.5. The van der Waals surface area contributed by atoms with E-state index in [0.29, 0.717) is 11.3 Å². The Balaban J connectivity index is 1.35. The number of hydrogen-bond donors (Lipinski definition) is 0. The van der Waals surface area contributed by atoms with Crippen molar-refractivity contribution in [3.8, 4) is 5.75 Å². The molecule has 0 unspecified atom stereocenters. The Labute approximate surface area is 158 Å². The summed E-state index contributed by atoms with van der Waals surface area (Å²) < 4.78 is 20.2. The van der Waals surface area contributed by atoms with Gasteiger partial charge in [0.25, 0.3) is 5.91 Å². The molecule has 0 radical (unpaired) electrons. The summed E-state index contributed by atoms with van der Waals surface area (Å²) in [7, 11) is 0. The van der Waals surface area contributed by atoms with Crippen LogP contribution in [0.1, 0.15) is 17.5 Å². The fraction of sp³-hybridized carbons (Fsp3) is 0.368. The number of esters is 1. The minimum Gasteiger partial charge on any atom is -0.482 e. The van der Waals surface area contributed by atoms with Crippen LogP contribution in [0.5, 0.6) is 5.75 Å². The monoisotopic (exact) mass is 387 g/mol. The van der Waals surface area contributed by atoms with E-state index >= 15 is 0 Å². The molecule has 0 N–H and O–H groups in total. The predicted octanol–water partition coefficient (Wildman–Crippen LogP) is 1.18. The van der Waals surface area contributed by atoms with Crippen molar-refractivity contribution in [3.05, 3.63) is 39.7 Å². The van der Waals surface area contributed by atoms with E-state index in [1.54, 1.807) is 18.2 Å². The van der Waals surface area contributed by atoms with Crippen molar-refractivity contribution >= 4 is 28.9 Å². The lowest BCUT2D eigenvalue weighted by molar-refractivity contribution is -0.152. The number of carbonyl (C=O) groups excluding carboxylic acids is 3. The van der Waals surface area contributed by atoms with E-state index in [2.05, 4.69) is 4.74 Å². The number of ether oxygens (including phenoxy) is 3. The van der Waals surface area contributed by atoms with Gasteiger partial charge in [0.05, 0.1) is 6.54 Å². The second kappa shape index (κ2) is 7.34. The number of amides is 2. The van der Waals surface area contributed by atoms with Crippen LogP contribution in [-0.4, -0.2) is 49.2 Å². The number of cyclic esters (lactones) is 1. The fourth-order valence-corrected chi connectivity index (χ4v) is 3.38. The van der Waals surface area contributed by atoms with E-state index < -0.39 is 31.2 Å². The van der Waals surface area contributed by atoms with Gasteiger partial charge >= 0.3 is 17.7 Å². The van der Waals surface area contributed by atoms with Crippen LogP contribution in [0.25, 0.3) is 11.0 Å². The summed E-state index contributed by atoms with van der Waals surface area (Å²) in [6, 6.07) is 5.03. The molecule has 1 saturated heterocycles. The molecule has 0 bridgehead atoms. The minimum atomic E-state index is -0.767. The van der Waals surface area contributed by atoms with Gasteiger partial charge in [-0.15, -0.1) is 0 Å². The average Bonchev–Trinajstić information content (AvgIpc) is 3.34. The molecule has 4 rings (SSSR count). The van der Waals surface area contributed by atoms with E-state index in [1.807, 2.05) is 0 Å². The van der Waals surface area contributed by atoms with Crippen LogP contribution in [0.2, 0.25) is 0 Å². The Bertz CT molecular complexity index is 1020. The van der Waals surface area contributed by atoms with Crippen molar-refractivity contribution < 1.29 is 33.0 Å². The average molecular weight is 387 g/mol. The van der Waals surface area contributed by atoms with Crippen LogP contribution < -0.4 is 10.4 Å². The third-order valence-corrected chi connectivity index (χ3v) is 4.72. The Morgan fingerprint density at radius 3 is 2.71 bits per heavy atom. The van der Waals surface area contributed by atoms with Crippen LogP contribution in [0.15, 0.2) is 27.4 Å². The number of fused-ring (bicyclic) bond motifs is 3. The Morgan fingerprint density at radius 2 is 1.93 bits per heavy atom. The number of hydrogen-bond acceptors (Lipinski definition) is 8. The normalized spacial score (nSPS) is 15.4. The van der Waals surface area contributed by atoms with Crippen LogP contribution >= 0.6 is 0 Å². The molecule has 9 nitrogen and oxygen atoms in total. The standard InChI is InChI=1S/C19H17NO8/c21-16(20-6-7-25-19(20)24)9-27-17(22)10-26-11-4-5-13-12-2-1-3-14(12)18(23)28-15(13)8-11/h4-5,8H,1-3,6-7,9-10H2. The van der Waals surface area contributed by atoms with Gasteiger partial charge in [-0.2, -0.15) is 0 Å². The molecule has 1 fully saturated rings. The number of imide groups is 1. The molecule has 1 aliphatic heterocycles. The van der Waals surface area contributed by atoms with E-state index in [1.165, 1.54) is 0 Å². The number of carbonyl (C=O) groups is 3. The highest BCUT2D eigenvalue weighted by atomic mass is 16.6. The van der Waals surface area contributed by atoms with Crippen molar-refractivity contribution in [2.75, 3.05) is 26.4 Å². The van der Waals surface area contributed by atoms with Gasteiger partial charge in [0.1, 0.15) is 17.9 Å². The summed E-state index contributed by atoms with van der Waals surface area (Å²) in [5.74, 6) is -1.09. The number of aryl methyl sites for hydroxylation is 1. The molecule has 1 aromatic heterocycles. The van der Waals surface area contributed by atoms with Crippen molar-refractivity contribution in [1.82, 2.24) is 4.90 Å². The van der Waals surface area contributed by atoms with Crippen molar-refractivity contribution in [2.45, 2.75) is 19.3 Å².